The van der Waals surface area contributed by atoms with Crippen LogP contribution in [0.1, 0.15) is 111 Å². The van der Waals surface area contributed by atoms with Gasteiger partial charge in [0.15, 0.2) is 0 Å². The van der Waals surface area contributed by atoms with Crippen LogP contribution in [0.3, 0.4) is 0 Å². The van der Waals surface area contributed by atoms with E-state index in [1.165, 1.54) is 57.7 Å². The second-order valence-corrected chi connectivity index (χ2v) is 22.0. The highest BCUT2D eigenvalue weighted by Gasteiger charge is 2.44. The van der Waals surface area contributed by atoms with Crippen LogP contribution in [0, 0.1) is 17.8 Å². The first kappa shape index (κ1) is 63.7. The molecule has 0 aliphatic carbocycles. The van der Waals surface area contributed by atoms with E-state index in [2.05, 4.69) is 16.0 Å². The molecule has 0 unspecified atom stereocenters. The average Bonchev–Trinajstić information content (AvgIpc) is 4.15. The lowest BCUT2D eigenvalue weighted by molar-refractivity contribution is -0.154. The third kappa shape index (κ3) is 16.6. The van der Waals surface area contributed by atoms with Gasteiger partial charge in [-0.25, -0.2) is 4.79 Å². The van der Waals surface area contributed by atoms with Crippen molar-refractivity contribution in [3.05, 3.63) is 71.8 Å². The van der Waals surface area contributed by atoms with Crippen molar-refractivity contribution in [1.29, 1.82) is 0 Å². The van der Waals surface area contributed by atoms with Crippen molar-refractivity contribution in [2.24, 2.45) is 17.8 Å². The van der Waals surface area contributed by atoms with Crippen LogP contribution in [0.5, 0.6) is 0 Å². The molecule has 4 rings (SSSR count). The number of nitrogens with zero attached hydrogens (tertiary/aromatic N) is 6. The summed E-state index contributed by atoms with van der Waals surface area (Å²) in [5.74, 6) is -6.17. The number of hydrogen-bond donors (Lipinski definition) is 3. The summed E-state index contributed by atoms with van der Waals surface area (Å²) in [5, 5.41) is 8.41. The summed E-state index contributed by atoms with van der Waals surface area (Å²) in [6.07, 6.45) is 3.22. The largest absolute Gasteiger partial charge is 0.467 e. The summed E-state index contributed by atoms with van der Waals surface area (Å²) in [6.45, 7) is 14.3. The maximum absolute atomic E-state index is 14.8. The highest BCUT2D eigenvalue weighted by atomic mass is 16.5. The van der Waals surface area contributed by atoms with Crippen molar-refractivity contribution in [1.82, 2.24) is 45.3 Å². The normalized spacial score (nSPS) is 17.5. The van der Waals surface area contributed by atoms with Gasteiger partial charge in [-0.05, 0) is 74.3 Å². The van der Waals surface area contributed by atoms with Gasteiger partial charge in [0, 0.05) is 60.5 Å². The van der Waals surface area contributed by atoms with Crippen molar-refractivity contribution >= 4 is 59.1 Å². The molecule has 2 aromatic carbocycles. The number of esters is 1. The monoisotopic (exact) mass is 1090 g/mol. The number of benzene rings is 2. The van der Waals surface area contributed by atoms with Crippen molar-refractivity contribution in [3.63, 3.8) is 0 Å². The fourth-order valence-electron chi connectivity index (χ4n) is 10.4. The highest BCUT2D eigenvalue weighted by molar-refractivity contribution is 5.98. The van der Waals surface area contributed by atoms with Gasteiger partial charge in [0.2, 0.25) is 53.2 Å². The zero-order valence-electron chi connectivity index (χ0n) is 48.3. The van der Waals surface area contributed by atoms with Gasteiger partial charge in [-0.1, -0.05) is 109 Å². The third-order valence-corrected chi connectivity index (χ3v) is 15.1. The molecule has 0 radical (unpaired) electrons. The van der Waals surface area contributed by atoms with Crippen molar-refractivity contribution in [2.75, 3.05) is 54.9 Å². The van der Waals surface area contributed by atoms with Gasteiger partial charge >= 0.3 is 5.97 Å². The van der Waals surface area contributed by atoms with E-state index in [9.17, 15) is 47.9 Å². The Morgan fingerprint density at radius 2 is 1.15 bits per heavy atom. The first-order chi connectivity index (χ1) is 36.9. The van der Waals surface area contributed by atoms with E-state index in [0.29, 0.717) is 45.2 Å². The number of carbonyl (C=O) groups excluding carboxylic acids is 10. The molecule has 0 saturated carbocycles. The van der Waals surface area contributed by atoms with Crippen LogP contribution in [-0.4, -0.2) is 192 Å². The summed E-state index contributed by atoms with van der Waals surface area (Å²) >= 11 is 0. The van der Waals surface area contributed by atoms with Gasteiger partial charge in [-0.2, -0.15) is 0 Å². The predicted octanol–water partition coefficient (Wildman–Crippen LogP) is 3.20. The molecule has 3 N–H and O–H groups in total. The Hall–Kier alpha value is -6.86. The lowest BCUT2D eigenvalue weighted by Gasteiger charge is -2.37. The number of likely N-dealkylation sites (tertiary alicyclic amines) is 2. The fourth-order valence-corrected chi connectivity index (χ4v) is 10.4. The van der Waals surface area contributed by atoms with E-state index in [4.69, 9.17) is 4.74 Å². The van der Waals surface area contributed by atoms with Crippen LogP contribution in [0.15, 0.2) is 60.7 Å². The van der Waals surface area contributed by atoms with E-state index in [1.54, 1.807) is 41.7 Å². The molecule has 8 atom stereocenters. The number of carbonyl (C=O) groups is 10. The van der Waals surface area contributed by atoms with E-state index in [1.807, 2.05) is 81.4 Å². The Labute approximate surface area is 461 Å². The Balaban J connectivity index is 1.52. The summed E-state index contributed by atoms with van der Waals surface area (Å²) in [5.41, 5.74) is 1.53. The van der Waals surface area contributed by atoms with Gasteiger partial charge in [0.1, 0.15) is 48.3 Å². The Bertz CT molecular complexity index is 2400. The predicted molar refractivity (Wildman–Crippen MR) is 295 cm³/mol. The number of methoxy groups -OCH3 is 1. The maximum atomic E-state index is 14.8. The topological polar surface area (TPSA) is 235 Å². The molecule has 0 bridgehead atoms. The molecule has 2 aliphatic heterocycles. The Morgan fingerprint density at radius 3 is 1.67 bits per heavy atom. The number of likely N-dealkylation sites (N-methyl/N-ethyl adjacent to an activating group) is 4. The lowest BCUT2D eigenvalue weighted by atomic mass is 9.96. The van der Waals surface area contributed by atoms with Gasteiger partial charge in [-0.3, -0.25) is 43.2 Å². The average molecular weight is 1090 g/mol. The SMILES string of the molecule is CCCC(=O)N(C)[C@@H](C)C(=O)N1CCC[C@H]1C(=O)N(C)[C@H](Cc1ccccc1)C(=O)N[C@@H](CC(C)C)C(=O)N(C)[C@@H](C(=O)N[C@H](C(=O)NCC(=O)N(C)[C@H](Cc1ccccc1)C(=O)N1CCC[C@H]1C(=O)OC)C(C)C)C(C)C. The molecule has 0 spiro atoms. The molecule has 20 nitrogen and oxygen atoms in total. The Kier molecular flexibility index (Phi) is 24.3. The van der Waals surface area contributed by atoms with Crippen LogP contribution < -0.4 is 16.0 Å². The fraction of sp³-hybridized carbons (Fsp3) is 0.621. The molecule has 2 fully saturated rings. The second kappa shape index (κ2) is 29.8. The van der Waals surface area contributed by atoms with Crippen LogP contribution in [0.4, 0.5) is 0 Å². The van der Waals surface area contributed by atoms with E-state index >= 15 is 0 Å². The standard InChI is InChI=1S/C58H87N9O11/c1-14-23-47(68)62(9)39(8)54(73)66-30-21-28-43(66)56(75)64(11)45(33-40-24-17-15-18-25-40)51(70)60-42(32-36(2)3)55(74)65(12)50(38(6)7)53(72)61-49(37(4)5)52(71)59-35-48(69)63(10)46(34-41-26-19-16-20-27-41)57(76)67-31-22-29-44(67)58(77)78-13/h15-20,24-27,36-39,42-46,49-50H,14,21-23,28-35H2,1-13H3,(H,59,71)(H,60,70)(H,61,72)/t39-,42-,43-,44-,45+,46+,49-,50+/m0/s1. The molecule has 2 aliphatic rings. The first-order valence-electron chi connectivity index (χ1n) is 27.6. The Morgan fingerprint density at radius 1 is 0.615 bits per heavy atom. The van der Waals surface area contributed by atoms with Gasteiger partial charge < -0.3 is 50.1 Å². The van der Waals surface area contributed by atoms with E-state index < -0.39 is 114 Å². The minimum Gasteiger partial charge on any atom is -0.467 e. The molecule has 0 aromatic heterocycles. The van der Waals surface area contributed by atoms with Gasteiger partial charge in [-0.15, -0.1) is 0 Å². The second-order valence-electron chi connectivity index (χ2n) is 22.0. The summed E-state index contributed by atoms with van der Waals surface area (Å²) in [6, 6.07) is 10.2. The number of amides is 9. The lowest BCUT2D eigenvalue weighted by Crippen LogP contribution is -2.61. The molecule has 430 valence electrons. The summed E-state index contributed by atoms with van der Waals surface area (Å²) in [4.78, 5) is 148. The molecule has 78 heavy (non-hydrogen) atoms. The van der Waals surface area contributed by atoms with Crippen LogP contribution in [0.2, 0.25) is 0 Å². The molecular formula is C58H87N9O11. The molecule has 2 aromatic rings. The molecule has 9 amide bonds. The minimum absolute atomic E-state index is 0.0820. The van der Waals surface area contributed by atoms with Crippen LogP contribution in [-0.2, 0) is 65.5 Å². The quantitative estimate of drug-likeness (QED) is 0.116. The highest BCUT2D eigenvalue weighted by Crippen LogP contribution is 2.25. The van der Waals surface area contributed by atoms with Gasteiger partial charge in [0.05, 0.1) is 13.7 Å². The van der Waals surface area contributed by atoms with E-state index in [0.717, 1.165) is 11.1 Å². The zero-order chi connectivity index (χ0) is 58.1. The van der Waals surface area contributed by atoms with Crippen molar-refractivity contribution < 1.29 is 52.7 Å². The molecule has 2 saturated heterocycles. The molecule has 20 heteroatoms. The number of ether oxygens (including phenoxy) is 1. The van der Waals surface area contributed by atoms with Crippen LogP contribution >= 0.6 is 0 Å². The summed E-state index contributed by atoms with van der Waals surface area (Å²) in [7, 11) is 7.28. The smallest absolute Gasteiger partial charge is 0.328 e. The summed E-state index contributed by atoms with van der Waals surface area (Å²) < 4.78 is 4.97. The zero-order valence-corrected chi connectivity index (χ0v) is 48.3. The molecule has 2 heterocycles. The number of rotatable bonds is 26. The molecular weight excluding hydrogens is 999 g/mol. The van der Waals surface area contributed by atoms with E-state index in [-0.39, 0.29) is 43.4 Å². The maximum Gasteiger partial charge on any atom is 0.328 e. The minimum atomic E-state index is -1.16. The van der Waals surface area contributed by atoms with Crippen molar-refractivity contribution in [3.8, 4) is 0 Å². The van der Waals surface area contributed by atoms with Crippen molar-refractivity contribution in [2.45, 2.75) is 162 Å². The van der Waals surface area contributed by atoms with Gasteiger partial charge in [0.25, 0.3) is 0 Å². The third-order valence-electron chi connectivity index (χ3n) is 15.1. The number of hydrogen-bond acceptors (Lipinski definition) is 11. The first-order valence-corrected chi connectivity index (χ1v) is 27.6. The van der Waals surface area contributed by atoms with Crippen LogP contribution in [0.25, 0.3) is 0 Å². The number of nitrogens with one attached hydrogen (secondary N) is 3.